The van der Waals surface area contributed by atoms with Crippen molar-refractivity contribution in [1.29, 1.82) is 0 Å². The number of likely N-dealkylation sites (tertiary alicyclic amines) is 1. The van der Waals surface area contributed by atoms with Crippen molar-refractivity contribution in [2.24, 2.45) is 0 Å². The average molecular weight is 432 g/mol. The Kier molecular flexibility index (Phi) is 6.24. The second-order valence-electron chi connectivity index (χ2n) is 6.07. The van der Waals surface area contributed by atoms with Crippen LogP contribution in [0.3, 0.4) is 0 Å². The van der Waals surface area contributed by atoms with Crippen LogP contribution in [0.2, 0.25) is 0 Å². The smallest absolute Gasteiger partial charge is 0.415 e. The Bertz CT molecular complexity index is 822. The van der Waals surface area contributed by atoms with E-state index >= 15 is 0 Å². The molecule has 1 atom stereocenters. The van der Waals surface area contributed by atoms with E-state index in [9.17, 15) is 14.4 Å². The van der Waals surface area contributed by atoms with Gasteiger partial charge in [-0.1, -0.05) is 46.3 Å². The third-order valence-corrected chi connectivity index (χ3v) is 4.75. The van der Waals surface area contributed by atoms with Crippen molar-refractivity contribution >= 4 is 33.8 Å². The molecule has 140 valence electrons. The first kappa shape index (κ1) is 19.1. The summed E-state index contributed by atoms with van der Waals surface area (Å²) in [6.45, 7) is 0.0463. The van der Waals surface area contributed by atoms with Gasteiger partial charge in [-0.05, 0) is 37.1 Å². The molecule has 27 heavy (non-hydrogen) atoms. The summed E-state index contributed by atoms with van der Waals surface area (Å²) >= 11 is 3.30. The average Bonchev–Trinajstić information content (AvgIpc) is 3.17. The number of halogens is 1. The summed E-state index contributed by atoms with van der Waals surface area (Å²) in [5.74, 6) is -0.484. The number of Topliss-reactive ketones (excluding diaryl/α,β-unsaturated/α-hetero) is 1. The Morgan fingerprint density at radius 1 is 1.04 bits per heavy atom. The molecule has 1 aliphatic rings. The highest BCUT2D eigenvalue weighted by molar-refractivity contribution is 9.10. The maximum atomic E-state index is 12.4. The summed E-state index contributed by atoms with van der Waals surface area (Å²) in [6, 6.07) is 14.7. The van der Waals surface area contributed by atoms with E-state index in [0.29, 0.717) is 30.7 Å². The van der Waals surface area contributed by atoms with E-state index in [4.69, 9.17) is 9.47 Å². The van der Waals surface area contributed by atoms with Crippen molar-refractivity contribution in [3.05, 3.63) is 64.6 Å². The number of hydrogen-bond donors (Lipinski definition) is 0. The first-order valence-corrected chi connectivity index (χ1v) is 9.33. The molecule has 1 saturated heterocycles. The van der Waals surface area contributed by atoms with Crippen molar-refractivity contribution in [2.45, 2.75) is 18.9 Å². The predicted molar refractivity (Wildman–Crippen MR) is 102 cm³/mol. The number of carbonyl (C=O) groups is 3. The van der Waals surface area contributed by atoms with Gasteiger partial charge in [0.1, 0.15) is 11.8 Å². The molecule has 1 heterocycles. The molecule has 3 rings (SSSR count). The Morgan fingerprint density at radius 3 is 2.44 bits per heavy atom. The van der Waals surface area contributed by atoms with Crippen LogP contribution in [0.1, 0.15) is 23.2 Å². The number of ketones is 1. The minimum Gasteiger partial charge on any atom is -0.456 e. The van der Waals surface area contributed by atoms with Crippen molar-refractivity contribution in [2.75, 3.05) is 13.2 Å². The summed E-state index contributed by atoms with van der Waals surface area (Å²) in [5, 5.41) is 0. The van der Waals surface area contributed by atoms with Crippen LogP contribution in [0.4, 0.5) is 4.79 Å². The van der Waals surface area contributed by atoms with Crippen LogP contribution in [-0.2, 0) is 9.53 Å². The Balaban J connectivity index is 1.56. The van der Waals surface area contributed by atoms with Gasteiger partial charge in [-0.2, -0.15) is 0 Å². The van der Waals surface area contributed by atoms with Crippen LogP contribution in [0.15, 0.2) is 59.1 Å². The highest BCUT2D eigenvalue weighted by atomic mass is 79.9. The summed E-state index contributed by atoms with van der Waals surface area (Å²) < 4.78 is 11.3. The quantitative estimate of drug-likeness (QED) is 0.531. The zero-order valence-corrected chi connectivity index (χ0v) is 16.1. The molecule has 1 fully saturated rings. The second kappa shape index (κ2) is 8.81. The fourth-order valence-electron chi connectivity index (χ4n) is 2.83. The van der Waals surface area contributed by atoms with Gasteiger partial charge in [-0.3, -0.25) is 9.69 Å². The van der Waals surface area contributed by atoms with Crippen LogP contribution in [0.5, 0.6) is 5.75 Å². The predicted octanol–water partition coefficient (Wildman–Crippen LogP) is 3.84. The molecule has 0 aromatic heterocycles. The lowest BCUT2D eigenvalue weighted by Crippen LogP contribution is -2.43. The van der Waals surface area contributed by atoms with Gasteiger partial charge in [0.15, 0.2) is 12.4 Å². The zero-order chi connectivity index (χ0) is 19.2. The van der Waals surface area contributed by atoms with Crippen LogP contribution in [0, 0.1) is 0 Å². The van der Waals surface area contributed by atoms with Gasteiger partial charge in [-0.15, -0.1) is 0 Å². The van der Waals surface area contributed by atoms with Gasteiger partial charge in [0.2, 0.25) is 0 Å². The van der Waals surface area contributed by atoms with E-state index in [1.807, 2.05) is 6.07 Å². The van der Waals surface area contributed by atoms with Gasteiger partial charge in [-0.25, -0.2) is 9.59 Å². The Labute approximate surface area is 165 Å². The molecule has 0 unspecified atom stereocenters. The maximum Gasteiger partial charge on any atom is 0.415 e. The third-order valence-electron chi connectivity index (χ3n) is 4.22. The van der Waals surface area contributed by atoms with Crippen molar-refractivity contribution < 1.29 is 23.9 Å². The molecule has 0 aliphatic carbocycles. The first-order valence-electron chi connectivity index (χ1n) is 8.53. The maximum absolute atomic E-state index is 12.4. The van der Waals surface area contributed by atoms with Crippen molar-refractivity contribution in [3.63, 3.8) is 0 Å². The molecule has 0 saturated carbocycles. The number of amides is 1. The first-order chi connectivity index (χ1) is 13.0. The number of para-hydroxylation sites is 1. The van der Waals surface area contributed by atoms with Crippen molar-refractivity contribution in [1.82, 2.24) is 4.90 Å². The molecule has 6 nitrogen and oxygen atoms in total. The fourth-order valence-corrected chi connectivity index (χ4v) is 3.09. The number of ether oxygens (including phenoxy) is 2. The Hall–Kier alpha value is -2.67. The highest BCUT2D eigenvalue weighted by Gasteiger charge is 2.36. The standard InChI is InChI=1S/C20H18BrNO5/c21-15-10-8-14(9-11-15)18(23)13-26-19(24)17-7-4-12-22(17)20(25)27-16-5-2-1-3-6-16/h1-3,5-6,8-11,17H,4,7,12-13H2/t17-/m0/s1. The SMILES string of the molecule is O=C(COC(=O)[C@@H]1CCCN1C(=O)Oc1ccccc1)c1ccc(Br)cc1. The zero-order valence-electron chi connectivity index (χ0n) is 14.5. The van der Waals surface area contributed by atoms with E-state index < -0.39 is 18.1 Å². The number of esters is 1. The third kappa shape index (κ3) is 4.95. The van der Waals surface area contributed by atoms with Gasteiger partial charge >= 0.3 is 12.1 Å². The number of nitrogens with zero attached hydrogens (tertiary/aromatic N) is 1. The largest absolute Gasteiger partial charge is 0.456 e. The van der Waals surface area contributed by atoms with Gasteiger partial charge in [0.25, 0.3) is 0 Å². The van der Waals surface area contributed by atoms with Crippen LogP contribution < -0.4 is 4.74 Å². The van der Waals surface area contributed by atoms with E-state index in [1.54, 1.807) is 48.5 Å². The van der Waals surface area contributed by atoms with E-state index in [0.717, 1.165) is 4.47 Å². The minimum absolute atomic E-state index is 0.299. The molecule has 1 aliphatic heterocycles. The number of carbonyl (C=O) groups excluding carboxylic acids is 3. The topological polar surface area (TPSA) is 72.9 Å². The number of benzene rings is 2. The highest BCUT2D eigenvalue weighted by Crippen LogP contribution is 2.21. The molecular weight excluding hydrogens is 414 g/mol. The number of rotatable bonds is 5. The Morgan fingerprint density at radius 2 is 1.74 bits per heavy atom. The lowest BCUT2D eigenvalue weighted by molar-refractivity contribution is -0.147. The second-order valence-corrected chi connectivity index (χ2v) is 6.99. The van der Waals surface area contributed by atoms with Crippen LogP contribution in [0.25, 0.3) is 0 Å². The normalized spacial score (nSPS) is 16.0. The lowest BCUT2D eigenvalue weighted by atomic mass is 10.1. The molecule has 1 amide bonds. The monoisotopic (exact) mass is 431 g/mol. The summed E-state index contributed by atoms with van der Waals surface area (Å²) in [6.07, 6.45) is 0.555. The molecule has 0 spiro atoms. The summed E-state index contributed by atoms with van der Waals surface area (Å²) in [4.78, 5) is 38.2. The van der Waals surface area contributed by atoms with E-state index in [2.05, 4.69) is 15.9 Å². The van der Waals surface area contributed by atoms with E-state index in [1.165, 1.54) is 4.90 Å². The minimum atomic E-state index is -0.737. The van der Waals surface area contributed by atoms with Gasteiger partial charge in [0, 0.05) is 16.6 Å². The molecule has 7 heteroatoms. The summed E-state index contributed by atoms with van der Waals surface area (Å²) in [7, 11) is 0. The molecule has 2 aromatic rings. The molecule has 0 bridgehead atoms. The van der Waals surface area contributed by atoms with Gasteiger partial charge < -0.3 is 9.47 Å². The van der Waals surface area contributed by atoms with Gasteiger partial charge in [0.05, 0.1) is 0 Å². The molecule has 0 radical (unpaired) electrons. The molecular formula is C20H18BrNO5. The number of hydrogen-bond acceptors (Lipinski definition) is 5. The van der Waals surface area contributed by atoms with Crippen LogP contribution >= 0.6 is 15.9 Å². The van der Waals surface area contributed by atoms with Crippen LogP contribution in [-0.4, -0.2) is 41.9 Å². The van der Waals surface area contributed by atoms with Crippen molar-refractivity contribution in [3.8, 4) is 5.75 Å². The lowest BCUT2D eigenvalue weighted by Gasteiger charge is -2.22. The molecule has 2 aromatic carbocycles. The summed E-state index contributed by atoms with van der Waals surface area (Å²) in [5.41, 5.74) is 0.456. The van der Waals surface area contributed by atoms with E-state index in [-0.39, 0.29) is 12.4 Å². The fraction of sp³-hybridized carbons (Fsp3) is 0.250. The molecule has 0 N–H and O–H groups in total.